The minimum Gasteiger partial charge on any atom is -0.494 e. The zero-order valence-electron chi connectivity index (χ0n) is 24.6. The highest BCUT2D eigenvalue weighted by Crippen LogP contribution is 2.30. The Morgan fingerprint density at radius 1 is 0.905 bits per heavy atom. The van der Waals surface area contributed by atoms with Crippen LogP contribution in [-0.4, -0.2) is 69.3 Å². The van der Waals surface area contributed by atoms with Crippen LogP contribution in [-0.2, 0) is 17.7 Å². The molecule has 8 nitrogen and oxygen atoms in total. The molecule has 8 heteroatoms. The third-order valence-corrected chi connectivity index (χ3v) is 7.89. The summed E-state index contributed by atoms with van der Waals surface area (Å²) in [5.41, 5.74) is 5.19. The highest BCUT2D eigenvalue weighted by atomic mass is 16.5. The van der Waals surface area contributed by atoms with Crippen LogP contribution in [0.15, 0.2) is 66.7 Å². The number of nitrogens with one attached hydrogen (secondary N) is 2. The van der Waals surface area contributed by atoms with Gasteiger partial charge in [0.05, 0.1) is 25.4 Å². The lowest BCUT2D eigenvalue weighted by Crippen LogP contribution is -2.38. The van der Waals surface area contributed by atoms with E-state index in [1.54, 1.807) is 18.2 Å². The van der Waals surface area contributed by atoms with Crippen molar-refractivity contribution >= 4 is 23.2 Å². The van der Waals surface area contributed by atoms with Gasteiger partial charge in [0.15, 0.2) is 0 Å². The number of amides is 2. The molecule has 3 aromatic carbocycles. The highest BCUT2D eigenvalue weighted by molar-refractivity contribution is 6.06. The molecule has 2 amide bonds. The van der Waals surface area contributed by atoms with E-state index in [1.165, 1.54) is 11.1 Å². The molecule has 0 spiro atoms. The molecule has 5 rings (SSSR count). The summed E-state index contributed by atoms with van der Waals surface area (Å²) in [4.78, 5) is 31.3. The molecule has 222 valence electrons. The second-order valence-electron chi connectivity index (χ2n) is 10.9. The van der Waals surface area contributed by atoms with Gasteiger partial charge >= 0.3 is 0 Å². The number of hydrogen-bond acceptors (Lipinski definition) is 6. The fourth-order valence-electron chi connectivity index (χ4n) is 5.44. The van der Waals surface area contributed by atoms with Gasteiger partial charge < -0.3 is 25.0 Å². The van der Waals surface area contributed by atoms with E-state index in [1.807, 2.05) is 24.3 Å². The predicted molar refractivity (Wildman–Crippen MR) is 167 cm³/mol. The van der Waals surface area contributed by atoms with Crippen LogP contribution in [0.5, 0.6) is 5.75 Å². The van der Waals surface area contributed by atoms with Crippen molar-refractivity contribution in [2.45, 2.75) is 39.2 Å². The van der Waals surface area contributed by atoms with E-state index in [0.717, 1.165) is 83.1 Å². The van der Waals surface area contributed by atoms with Gasteiger partial charge in [0.1, 0.15) is 5.75 Å². The van der Waals surface area contributed by atoms with Gasteiger partial charge in [-0.2, -0.15) is 0 Å². The highest BCUT2D eigenvalue weighted by Gasteiger charge is 2.22. The molecule has 2 aliphatic heterocycles. The van der Waals surface area contributed by atoms with Crippen molar-refractivity contribution in [3.05, 3.63) is 89.0 Å². The topological polar surface area (TPSA) is 83.1 Å². The Morgan fingerprint density at radius 3 is 2.48 bits per heavy atom. The summed E-state index contributed by atoms with van der Waals surface area (Å²) in [7, 11) is 0. The first kappa shape index (κ1) is 29.6. The van der Waals surface area contributed by atoms with Crippen molar-refractivity contribution < 1.29 is 19.1 Å². The minimum absolute atomic E-state index is 0.129. The monoisotopic (exact) mass is 570 g/mol. The number of carbonyl (C=O) groups is 2. The molecule has 0 radical (unpaired) electrons. The van der Waals surface area contributed by atoms with E-state index in [9.17, 15) is 9.59 Å². The summed E-state index contributed by atoms with van der Waals surface area (Å²) >= 11 is 0. The van der Waals surface area contributed by atoms with Gasteiger partial charge in [0.25, 0.3) is 11.8 Å². The number of benzene rings is 3. The smallest absolute Gasteiger partial charge is 0.255 e. The molecule has 2 aliphatic rings. The SMILES string of the molecule is CCCCOc1ccc(C(=O)Nc2ccc(N3CCc4ccccc4C3)c(C(=O)NCCCN3CCOCC3)c2)cc1. The van der Waals surface area contributed by atoms with Gasteiger partial charge in [-0.15, -0.1) is 0 Å². The second kappa shape index (κ2) is 14.8. The van der Waals surface area contributed by atoms with Crippen molar-refractivity contribution in [3.63, 3.8) is 0 Å². The van der Waals surface area contributed by atoms with Crippen LogP contribution in [0.1, 0.15) is 58.0 Å². The van der Waals surface area contributed by atoms with Crippen molar-refractivity contribution in [1.29, 1.82) is 0 Å². The molecule has 42 heavy (non-hydrogen) atoms. The third kappa shape index (κ3) is 7.89. The van der Waals surface area contributed by atoms with Gasteiger partial charge in [-0.25, -0.2) is 0 Å². The molecule has 0 aliphatic carbocycles. The zero-order valence-corrected chi connectivity index (χ0v) is 24.6. The van der Waals surface area contributed by atoms with E-state index in [-0.39, 0.29) is 11.8 Å². The molecule has 0 bridgehead atoms. The number of fused-ring (bicyclic) bond motifs is 1. The Kier molecular flexibility index (Phi) is 10.5. The van der Waals surface area contributed by atoms with Gasteiger partial charge in [-0.3, -0.25) is 14.5 Å². The lowest BCUT2D eigenvalue weighted by atomic mass is 9.98. The Hall–Kier alpha value is -3.88. The number of hydrogen-bond donors (Lipinski definition) is 2. The average molecular weight is 571 g/mol. The molecule has 0 atom stereocenters. The van der Waals surface area contributed by atoms with Crippen molar-refractivity contribution in [1.82, 2.24) is 10.2 Å². The van der Waals surface area contributed by atoms with Gasteiger partial charge in [-0.05, 0) is 79.4 Å². The van der Waals surface area contributed by atoms with Crippen LogP contribution in [0.3, 0.4) is 0 Å². The summed E-state index contributed by atoms with van der Waals surface area (Å²) in [6.07, 6.45) is 3.85. The van der Waals surface area contributed by atoms with E-state index in [4.69, 9.17) is 9.47 Å². The van der Waals surface area contributed by atoms with Crippen LogP contribution < -0.4 is 20.3 Å². The number of anilines is 2. The summed E-state index contributed by atoms with van der Waals surface area (Å²) in [5.74, 6) is 0.391. The second-order valence-corrected chi connectivity index (χ2v) is 10.9. The first-order valence-electron chi connectivity index (χ1n) is 15.2. The fourth-order valence-corrected chi connectivity index (χ4v) is 5.44. The summed E-state index contributed by atoms with van der Waals surface area (Å²) in [6, 6.07) is 21.3. The van der Waals surface area contributed by atoms with Crippen LogP contribution in [0.2, 0.25) is 0 Å². The minimum atomic E-state index is -0.230. The lowest BCUT2D eigenvalue weighted by Gasteiger charge is -2.32. The summed E-state index contributed by atoms with van der Waals surface area (Å²) in [5, 5.41) is 6.11. The quantitative estimate of drug-likeness (QED) is 0.294. The van der Waals surface area contributed by atoms with Gasteiger partial charge in [0.2, 0.25) is 0 Å². The van der Waals surface area contributed by atoms with Crippen molar-refractivity contribution in [2.24, 2.45) is 0 Å². The van der Waals surface area contributed by atoms with Crippen molar-refractivity contribution in [3.8, 4) is 5.75 Å². The Bertz CT molecular complexity index is 1340. The van der Waals surface area contributed by atoms with Crippen LogP contribution >= 0.6 is 0 Å². The number of ether oxygens (including phenoxy) is 2. The average Bonchev–Trinajstić information content (AvgIpc) is 3.03. The van der Waals surface area contributed by atoms with E-state index in [0.29, 0.717) is 30.0 Å². The zero-order chi connectivity index (χ0) is 29.1. The first-order chi connectivity index (χ1) is 20.6. The van der Waals surface area contributed by atoms with Crippen LogP contribution in [0.25, 0.3) is 0 Å². The predicted octanol–water partition coefficient (Wildman–Crippen LogP) is 5.13. The normalized spacial score (nSPS) is 15.1. The maximum absolute atomic E-state index is 13.6. The molecular weight excluding hydrogens is 528 g/mol. The van der Waals surface area contributed by atoms with Crippen LogP contribution in [0.4, 0.5) is 11.4 Å². The molecule has 0 aromatic heterocycles. The molecule has 2 N–H and O–H groups in total. The molecule has 1 fully saturated rings. The standard InChI is InChI=1S/C34H42N4O4/c1-2-3-21-42-30-12-9-27(10-13-30)33(39)36-29-11-14-32(38-18-15-26-7-4-5-8-28(26)25-38)31(24-29)34(40)35-16-6-17-37-19-22-41-23-20-37/h4-5,7-14,24H,2-3,6,15-23,25H2,1H3,(H,35,40)(H,36,39). The molecule has 2 heterocycles. The molecule has 0 unspecified atom stereocenters. The fraction of sp³-hybridized carbons (Fsp3) is 0.412. The molecule has 0 saturated carbocycles. The lowest BCUT2D eigenvalue weighted by molar-refractivity contribution is 0.0374. The summed E-state index contributed by atoms with van der Waals surface area (Å²) < 4.78 is 11.2. The molecule has 1 saturated heterocycles. The Balaban J connectivity index is 1.28. The number of nitrogens with zero attached hydrogens (tertiary/aromatic N) is 2. The Morgan fingerprint density at radius 2 is 1.69 bits per heavy atom. The van der Waals surface area contributed by atoms with Gasteiger partial charge in [0, 0.05) is 49.7 Å². The number of morpholine rings is 1. The maximum Gasteiger partial charge on any atom is 0.255 e. The van der Waals surface area contributed by atoms with Crippen molar-refractivity contribution in [2.75, 3.05) is 62.8 Å². The van der Waals surface area contributed by atoms with Crippen LogP contribution in [0, 0.1) is 0 Å². The molecule has 3 aromatic rings. The number of rotatable bonds is 12. The molecular formula is C34H42N4O4. The first-order valence-corrected chi connectivity index (χ1v) is 15.2. The number of unbranched alkanes of at least 4 members (excludes halogenated alkanes) is 1. The number of carbonyl (C=O) groups excluding carboxylic acids is 2. The maximum atomic E-state index is 13.6. The van der Waals surface area contributed by atoms with E-state index >= 15 is 0 Å². The van der Waals surface area contributed by atoms with Gasteiger partial charge in [-0.1, -0.05) is 37.6 Å². The third-order valence-electron chi connectivity index (χ3n) is 7.89. The Labute approximate surface area is 249 Å². The van der Waals surface area contributed by atoms with E-state index in [2.05, 4.69) is 51.6 Å². The van der Waals surface area contributed by atoms with E-state index < -0.39 is 0 Å². The largest absolute Gasteiger partial charge is 0.494 e. The summed E-state index contributed by atoms with van der Waals surface area (Å²) in [6.45, 7) is 9.27.